The first-order valence-electron chi connectivity index (χ1n) is 11.5. The van der Waals surface area contributed by atoms with Crippen molar-refractivity contribution < 1.29 is 48.7 Å². The number of likely N-dealkylation sites (N-methyl/N-ethyl adjacent to an activating group) is 1. The van der Waals surface area contributed by atoms with Gasteiger partial charge in [-0.3, -0.25) is 4.79 Å². The average Bonchev–Trinajstić information content (AvgIpc) is 3.62. The Kier molecular flexibility index (Phi) is 9.78. The van der Waals surface area contributed by atoms with Crippen molar-refractivity contribution in [2.75, 3.05) is 13.6 Å². The van der Waals surface area contributed by atoms with Crippen LogP contribution in [0, 0.1) is 0 Å². The van der Waals surface area contributed by atoms with E-state index in [-0.39, 0.29) is 40.1 Å². The average molecular weight is 690 g/mol. The van der Waals surface area contributed by atoms with Crippen LogP contribution in [-0.2, 0) is 11.0 Å². The lowest BCUT2D eigenvalue weighted by molar-refractivity contribution is -0.160. The molecule has 1 aliphatic carbocycles. The molecule has 3 nitrogen and oxygen atoms in total. The number of carbonyl (C=O) groups excluding carboxylic acids is 1. The standard InChI is InChI=1S/C25H17Cl3F10N2OS/c1-40(10-23(30,31)32)21(41)22(4-5-22)39-20(42)13-3-2-11(6-15(13)25(36,37)38)18(29)9-14(24(33,34)35)12-7-16(26)19(28)17(27)8-12/h2-3,6-9,14H,4-5,10H2,1H3,(H,39,42)/b18-9-. The van der Waals surface area contributed by atoms with Crippen molar-refractivity contribution in [3.63, 3.8) is 0 Å². The molecule has 0 spiro atoms. The number of thiocarbonyl (C=S) groups is 1. The summed E-state index contributed by atoms with van der Waals surface area (Å²) in [5, 5.41) is 1.38. The molecule has 42 heavy (non-hydrogen) atoms. The molecular weight excluding hydrogens is 673 g/mol. The van der Waals surface area contributed by atoms with Crippen molar-refractivity contribution in [3.8, 4) is 0 Å². The zero-order valence-corrected chi connectivity index (χ0v) is 23.9. The second-order valence-electron chi connectivity index (χ2n) is 9.40. The summed E-state index contributed by atoms with van der Waals surface area (Å²) >= 11 is 22.3. The first-order chi connectivity index (χ1) is 19.1. The number of amides is 1. The van der Waals surface area contributed by atoms with Crippen molar-refractivity contribution in [1.29, 1.82) is 0 Å². The predicted octanol–water partition coefficient (Wildman–Crippen LogP) is 9.14. The molecule has 230 valence electrons. The van der Waals surface area contributed by atoms with Gasteiger partial charge in [-0.25, -0.2) is 4.39 Å². The van der Waals surface area contributed by atoms with Crippen molar-refractivity contribution in [3.05, 3.63) is 73.7 Å². The van der Waals surface area contributed by atoms with Crippen LogP contribution in [-0.4, -0.2) is 47.3 Å². The highest BCUT2D eigenvalue weighted by atomic mass is 35.5. The van der Waals surface area contributed by atoms with E-state index in [0.29, 0.717) is 11.0 Å². The molecule has 1 unspecified atom stereocenters. The molecule has 1 N–H and O–H groups in total. The summed E-state index contributed by atoms with van der Waals surface area (Å²) in [6.45, 7) is -1.61. The van der Waals surface area contributed by atoms with Gasteiger partial charge in [0.15, 0.2) is 0 Å². The topological polar surface area (TPSA) is 32.3 Å². The number of benzene rings is 2. The second kappa shape index (κ2) is 12.0. The number of allylic oxidation sites excluding steroid dienone is 1. The third-order valence-corrected chi connectivity index (χ3v) is 7.67. The number of hydrogen-bond donors (Lipinski definition) is 1. The van der Waals surface area contributed by atoms with E-state index in [2.05, 4.69) is 5.32 Å². The summed E-state index contributed by atoms with van der Waals surface area (Å²) < 4.78 is 137. The van der Waals surface area contributed by atoms with Gasteiger partial charge in [0.2, 0.25) is 5.91 Å². The summed E-state index contributed by atoms with van der Waals surface area (Å²) in [4.78, 5) is 12.2. The SMILES string of the molecule is CN(CC(F)(F)F)C(=O)C1(NC(=S)c2ccc(/C(F)=C/C(c3cc(Cl)c(Cl)c(Cl)c3)C(F)(F)F)cc2C(F)(F)F)CC1. The number of halogens is 13. The van der Waals surface area contributed by atoms with Crippen LogP contribution in [0.15, 0.2) is 36.4 Å². The minimum Gasteiger partial charge on any atom is -0.362 e. The van der Waals surface area contributed by atoms with Crippen LogP contribution in [0.3, 0.4) is 0 Å². The van der Waals surface area contributed by atoms with E-state index >= 15 is 4.39 Å². The number of alkyl halides is 9. The van der Waals surface area contributed by atoms with Gasteiger partial charge in [0.25, 0.3) is 0 Å². The van der Waals surface area contributed by atoms with E-state index < -0.39 is 75.5 Å². The Balaban J connectivity index is 1.97. The molecule has 2 aromatic rings. The van der Waals surface area contributed by atoms with E-state index in [1.807, 2.05) is 0 Å². The number of carbonyl (C=O) groups is 1. The fraction of sp³-hybridized carbons (Fsp3) is 0.360. The van der Waals surface area contributed by atoms with E-state index in [1.54, 1.807) is 0 Å². The Bertz CT molecular complexity index is 1400. The Hall–Kier alpha value is -2.29. The van der Waals surface area contributed by atoms with Gasteiger partial charge in [0.05, 0.1) is 20.6 Å². The molecule has 0 bridgehead atoms. The highest BCUT2D eigenvalue weighted by Crippen LogP contribution is 2.43. The first kappa shape index (κ1) is 34.2. The van der Waals surface area contributed by atoms with Crippen LogP contribution in [0.5, 0.6) is 0 Å². The van der Waals surface area contributed by atoms with Gasteiger partial charge in [-0.1, -0.05) is 59.2 Å². The van der Waals surface area contributed by atoms with Gasteiger partial charge < -0.3 is 10.2 Å². The van der Waals surface area contributed by atoms with E-state index in [0.717, 1.165) is 25.2 Å². The Morgan fingerprint density at radius 1 is 1.02 bits per heavy atom. The van der Waals surface area contributed by atoms with E-state index in [4.69, 9.17) is 47.0 Å². The highest BCUT2D eigenvalue weighted by molar-refractivity contribution is 7.80. The maximum atomic E-state index is 15.1. The van der Waals surface area contributed by atoms with E-state index in [9.17, 15) is 44.3 Å². The molecule has 0 aromatic heterocycles. The zero-order chi connectivity index (χ0) is 32.0. The second-order valence-corrected chi connectivity index (χ2v) is 11.0. The van der Waals surface area contributed by atoms with Gasteiger partial charge in [0.1, 0.15) is 28.8 Å². The van der Waals surface area contributed by atoms with Crippen molar-refractivity contribution in [1.82, 2.24) is 10.2 Å². The molecule has 0 saturated heterocycles. The van der Waals surface area contributed by atoms with Crippen molar-refractivity contribution >= 4 is 63.7 Å². The number of nitrogens with zero attached hydrogens (tertiary/aromatic N) is 1. The minimum absolute atomic E-state index is 0.0253. The van der Waals surface area contributed by atoms with Crippen LogP contribution in [0.25, 0.3) is 5.83 Å². The van der Waals surface area contributed by atoms with Crippen LogP contribution in [0.1, 0.15) is 41.0 Å². The highest BCUT2D eigenvalue weighted by Gasteiger charge is 2.53. The largest absolute Gasteiger partial charge is 0.417 e. The lowest BCUT2D eigenvalue weighted by Gasteiger charge is -2.26. The molecule has 0 radical (unpaired) electrons. The number of rotatable bonds is 7. The normalized spacial score (nSPS) is 16.2. The van der Waals surface area contributed by atoms with Crippen molar-refractivity contribution in [2.24, 2.45) is 0 Å². The van der Waals surface area contributed by atoms with Gasteiger partial charge in [-0.05, 0) is 42.7 Å². The maximum Gasteiger partial charge on any atom is 0.417 e. The molecule has 1 amide bonds. The first-order valence-corrected chi connectivity index (χ1v) is 13.0. The molecule has 0 aliphatic heterocycles. The molecule has 2 aromatic carbocycles. The molecular formula is C25H17Cl3F10N2OS. The lowest BCUT2D eigenvalue weighted by Crippen LogP contribution is -2.51. The van der Waals surface area contributed by atoms with Crippen LogP contribution >= 0.6 is 47.0 Å². The molecule has 17 heteroatoms. The third kappa shape index (κ3) is 8.00. The summed E-state index contributed by atoms with van der Waals surface area (Å²) in [5.41, 5.74) is -5.53. The predicted molar refractivity (Wildman–Crippen MR) is 141 cm³/mol. The maximum absolute atomic E-state index is 15.1. The summed E-state index contributed by atoms with van der Waals surface area (Å²) in [6, 6.07) is 3.21. The van der Waals surface area contributed by atoms with E-state index in [1.165, 1.54) is 0 Å². The fourth-order valence-electron chi connectivity index (χ4n) is 4.01. The molecule has 0 heterocycles. The Morgan fingerprint density at radius 2 is 1.57 bits per heavy atom. The number of nitrogens with one attached hydrogen (secondary N) is 1. The van der Waals surface area contributed by atoms with Crippen LogP contribution < -0.4 is 5.32 Å². The molecule has 1 atom stereocenters. The monoisotopic (exact) mass is 688 g/mol. The van der Waals surface area contributed by atoms with Gasteiger partial charge in [0, 0.05) is 18.2 Å². The fourth-order valence-corrected chi connectivity index (χ4v) is 5.00. The lowest BCUT2D eigenvalue weighted by atomic mass is 9.95. The van der Waals surface area contributed by atoms with Gasteiger partial charge in [-0.2, -0.15) is 39.5 Å². The smallest absolute Gasteiger partial charge is 0.362 e. The summed E-state index contributed by atoms with van der Waals surface area (Å²) in [5.74, 6) is -5.42. The Labute approximate surface area is 252 Å². The van der Waals surface area contributed by atoms with Gasteiger partial charge in [-0.15, -0.1) is 0 Å². The van der Waals surface area contributed by atoms with Crippen LogP contribution in [0.2, 0.25) is 15.1 Å². The van der Waals surface area contributed by atoms with Gasteiger partial charge >= 0.3 is 18.5 Å². The summed E-state index contributed by atoms with van der Waals surface area (Å²) in [6.07, 6.45) is -15.1. The molecule has 1 fully saturated rings. The Morgan fingerprint density at radius 3 is 2.02 bits per heavy atom. The number of hydrogen-bond acceptors (Lipinski definition) is 2. The van der Waals surface area contributed by atoms with Crippen LogP contribution in [0.4, 0.5) is 43.9 Å². The third-order valence-electron chi connectivity index (χ3n) is 6.15. The van der Waals surface area contributed by atoms with Crippen molar-refractivity contribution in [2.45, 2.75) is 42.8 Å². The zero-order valence-electron chi connectivity index (χ0n) is 20.8. The quantitative estimate of drug-likeness (QED) is 0.179. The summed E-state index contributed by atoms with van der Waals surface area (Å²) in [7, 11) is 0.867. The molecule has 1 aliphatic rings. The minimum atomic E-state index is -5.20. The molecule has 3 rings (SSSR count). The molecule has 1 saturated carbocycles.